The minimum Gasteiger partial charge on any atom is -0.347 e. The molecule has 8 heteroatoms. The number of fused-ring (bicyclic) bond motifs is 3. The summed E-state index contributed by atoms with van der Waals surface area (Å²) in [5.74, 6) is 0.414. The Morgan fingerprint density at radius 3 is 2.83 bits per heavy atom. The van der Waals surface area contributed by atoms with Crippen molar-refractivity contribution in [3.63, 3.8) is 0 Å². The van der Waals surface area contributed by atoms with E-state index in [0.29, 0.717) is 11.3 Å². The van der Waals surface area contributed by atoms with Gasteiger partial charge in [0.1, 0.15) is 5.69 Å². The van der Waals surface area contributed by atoms with Crippen LogP contribution in [0.5, 0.6) is 0 Å². The van der Waals surface area contributed by atoms with Crippen molar-refractivity contribution in [2.45, 2.75) is 28.7 Å². The van der Waals surface area contributed by atoms with Crippen LogP contribution in [0.1, 0.15) is 23.3 Å². The molecule has 2 bridgehead atoms. The summed E-state index contributed by atoms with van der Waals surface area (Å²) in [6, 6.07) is 10.1. The Labute approximate surface area is 173 Å². The Morgan fingerprint density at radius 1 is 1.21 bits per heavy atom. The second-order valence-electron chi connectivity index (χ2n) is 7.80. The van der Waals surface area contributed by atoms with E-state index in [0.717, 1.165) is 30.8 Å². The third kappa shape index (κ3) is 3.45. The van der Waals surface area contributed by atoms with Gasteiger partial charge >= 0.3 is 0 Å². The number of piperidine rings is 1. The number of hydrogen-bond acceptors (Lipinski definition) is 6. The highest BCUT2D eigenvalue weighted by molar-refractivity contribution is 7.92. The quantitative estimate of drug-likeness (QED) is 0.693. The van der Waals surface area contributed by atoms with Crippen LogP contribution in [0.2, 0.25) is 0 Å². The van der Waals surface area contributed by atoms with Gasteiger partial charge in [-0.05, 0) is 43.5 Å². The normalized spacial score (nSPS) is 23.9. The number of thiophene rings is 1. The second-order valence-corrected chi connectivity index (χ2v) is 10.6. The van der Waals surface area contributed by atoms with Crippen LogP contribution in [-0.2, 0) is 9.84 Å². The molecule has 0 saturated carbocycles. The number of sulfone groups is 1. The van der Waals surface area contributed by atoms with Crippen molar-refractivity contribution in [3.05, 3.63) is 53.7 Å². The molecule has 2 aliphatic rings. The van der Waals surface area contributed by atoms with Gasteiger partial charge in [-0.2, -0.15) is 0 Å². The summed E-state index contributed by atoms with van der Waals surface area (Å²) in [6.45, 7) is 3.11. The van der Waals surface area contributed by atoms with Crippen molar-refractivity contribution < 1.29 is 13.2 Å². The van der Waals surface area contributed by atoms with Gasteiger partial charge in [0.15, 0.2) is 0 Å². The number of carbonyl (C=O) groups excluding carboxylic acids is 1. The fourth-order valence-electron chi connectivity index (χ4n) is 4.39. The molecule has 2 aliphatic heterocycles. The molecule has 3 atom stereocenters. The third-order valence-electron chi connectivity index (χ3n) is 5.80. The fourth-order valence-corrected chi connectivity index (χ4v) is 7.11. The largest absolute Gasteiger partial charge is 0.347 e. The van der Waals surface area contributed by atoms with Crippen LogP contribution in [0.15, 0.2) is 57.8 Å². The van der Waals surface area contributed by atoms with E-state index in [2.05, 4.69) is 15.2 Å². The van der Waals surface area contributed by atoms with Crippen molar-refractivity contribution >= 4 is 37.2 Å². The lowest BCUT2D eigenvalue weighted by atomic mass is 9.97. The molecule has 29 heavy (non-hydrogen) atoms. The summed E-state index contributed by atoms with van der Waals surface area (Å²) in [6.07, 6.45) is 3.79. The predicted octanol–water partition coefficient (Wildman–Crippen LogP) is 2.95. The molecule has 1 aromatic carbocycles. The van der Waals surface area contributed by atoms with Crippen molar-refractivity contribution in [1.82, 2.24) is 15.2 Å². The van der Waals surface area contributed by atoms with Gasteiger partial charge < -0.3 is 10.2 Å². The summed E-state index contributed by atoms with van der Waals surface area (Å²) in [5.41, 5.74) is 0.258. The second kappa shape index (κ2) is 7.19. The van der Waals surface area contributed by atoms with Crippen molar-refractivity contribution in [2.75, 3.05) is 19.6 Å². The molecule has 2 saturated heterocycles. The lowest BCUT2D eigenvalue weighted by Crippen LogP contribution is -2.47. The minimum absolute atomic E-state index is 0.122. The summed E-state index contributed by atoms with van der Waals surface area (Å²) in [4.78, 5) is 19.9. The number of amides is 1. The van der Waals surface area contributed by atoms with Crippen LogP contribution in [-0.4, -0.2) is 49.9 Å². The number of pyridine rings is 1. The lowest BCUT2D eigenvalue weighted by Gasteiger charge is -2.30. The average molecular weight is 428 g/mol. The number of carbonyl (C=O) groups is 1. The molecule has 4 heterocycles. The summed E-state index contributed by atoms with van der Waals surface area (Å²) in [5, 5.41) is 5.27. The molecule has 1 amide bonds. The first-order valence-electron chi connectivity index (χ1n) is 9.71. The number of rotatable bonds is 4. The molecular formula is C21H21N3O3S2. The molecule has 1 N–H and O–H groups in total. The molecule has 6 nitrogen and oxygen atoms in total. The van der Waals surface area contributed by atoms with E-state index < -0.39 is 9.84 Å². The van der Waals surface area contributed by atoms with Crippen LogP contribution in [0.4, 0.5) is 0 Å². The van der Waals surface area contributed by atoms with Crippen LogP contribution in [0.25, 0.3) is 10.1 Å². The Kier molecular flexibility index (Phi) is 4.64. The fraction of sp³-hybridized carbons (Fsp3) is 0.333. The van der Waals surface area contributed by atoms with E-state index in [1.54, 1.807) is 48.0 Å². The van der Waals surface area contributed by atoms with Crippen LogP contribution in [0, 0.1) is 5.92 Å². The molecule has 5 rings (SSSR count). The average Bonchev–Trinajstić information content (AvgIpc) is 3.31. The molecule has 0 spiro atoms. The van der Waals surface area contributed by atoms with Gasteiger partial charge in [0.25, 0.3) is 5.91 Å². The van der Waals surface area contributed by atoms with E-state index >= 15 is 0 Å². The topological polar surface area (TPSA) is 79.4 Å². The van der Waals surface area contributed by atoms with E-state index in [1.807, 2.05) is 0 Å². The van der Waals surface area contributed by atoms with Gasteiger partial charge in [0.2, 0.25) is 9.84 Å². The van der Waals surface area contributed by atoms with Gasteiger partial charge in [0, 0.05) is 36.1 Å². The Bertz CT molecular complexity index is 1160. The van der Waals surface area contributed by atoms with Gasteiger partial charge in [-0.25, -0.2) is 13.4 Å². The SMILES string of the molecule is O=C(N[C@@H]1C[C@@H]2CCN(C2)C1)c1cc2c(S(=O)(=O)c3ccccc3)csc2cn1. The summed E-state index contributed by atoms with van der Waals surface area (Å²) < 4.78 is 26.9. The number of aromatic nitrogens is 1. The predicted molar refractivity (Wildman–Crippen MR) is 112 cm³/mol. The van der Waals surface area contributed by atoms with Crippen molar-refractivity contribution in [3.8, 4) is 0 Å². The van der Waals surface area contributed by atoms with Crippen LogP contribution >= 0.6 is 11.3 Å². The third-order valence-corrected chi connectivity index (χ3v) is 8.69. The van der Waals surface area contributed by atoms with Crippen LogP contribution in [0.3, 0.4) is 0 Å². The highest BCUT2D eigenvalue weighted by Crippen LogP contribution is 2.33. The highest BCUT2D eigenvalue weighted by atomic mass is 32.2. The van der Waals surface area contributed by atoms with Gasteiger partial charge in [-0.1, -0.05) is 18.2 Å². The first-order valence-corrected chi connectivity index (χ1v) is 12.1. The molecule has 2 aromatic heterocycles. The highest BCUT2D eigenvalue weighted by Gasteiger charge is 2.33. The van der Waals surface area contributed by atoms with Crippen molar-refractivity contribution in [1.29, 1.82) is 0 Å². The van der Waals surface area contributed by atoms with E-state index in [9.17, 15) is 13.2 Å². The first kappa shape index (κ1) is 18.7. The minimum atomic E-state index is -3.65. The number of hydrogen-bond donors (Lipinski definition) is 1. The Balaban J connectivity index is 1.44. The van der Waals surface area contributed by atoms with E-state index in [1.165, 1.54) is 17.8 Å². The maximum Gasteiger partial charge on any atom is 0.270 e. The van der Waals surface area contributed by atoms with Gasteiger partial charge in [-0.3, -0.25) is 4.79 Å². The number of nitrogens with one attached hydrogen (secondary N) is 1. The first-order chi connectivity index (χ1) is 14.0. The van der Waals surface area contributed by atoms with Gasteiger partial charge in [-0.15, -0.1) is 11.3 Å². The maximum absolute atomic E-state index is 13.1. The maximum atomic E-state index is 13.1. The molecule has 150 valence electrons. The standard InChI is InChI=1S/C21H21N3O3S2/c25-21(23-15-8-14-6-7-24(11-14)12-15)18-9-17-19(10-22-18)28-13-20(17)29(26,27)16-4-2-1-3-5-16/h1-5,9-10,13-15H,6-8,11-12H2,(H,23,25)/t14-,15+/m0/s1. The number of nitrogens with zero attached hydrogens (tertiary/aromatic N) is 2. The van der Waals surface area contributed by atoms with E-state index in [-0.39, 0.29) is 27.4 Å². The zero-order valence-electron chi connectivity index (χ0n) is 15.7. The smallest absolute Gasteiger partial charge is 0.270 e. The molecule has 3 aromatic rings. The van der Waals surface area contributed by atoms with Gasteiger partial charge in [0.05, 0.1) is 14.5 Å². The van der Waals surface area contributed by atoms with E-state index in [4.69, 9.17) is 0 Å². The number of benzene rings is 1. The van der Waals surface area contributed by atoms with Crippen LogP contribution < -0.4 is 5.32 Å². The molecule has 2 fully saturated rings. The zero-order chi connectivity index (χ0) is 20.0. The summed E-state index contributed by atoms with van der Waals surface area (Å²) in [7, 11) is -3.65. The Hall–Kier alpha value is -2.29. The lowest BCUT2D eigenvalue weighted by molar-refractivity contribution is 0.0904. The molecular weight excluding hydrogens is 406 g/mol. The summed E-state index contributed by atoms with van der Waals surface area (Å²) >= 11 is 1.32. The Morgan fingerprint density at radius 2 is 2.03 bits per heavy atom. The molecule has 0 radical (unpaired) electrons. The van der Waals surface area contributed by atoms with Crippen molar-refractivity contribution in [2.24, 2.45) is 5.92 Å². The molecule has 1 unspecified atom stereocenters. The monoisotopic (exact) mass is 427 g/mol. The zero-order valence-corrected chi connectivity index (χ0v) is 17.4. The molecule has 0 aliphatic carbocycles.